The third-order valence-electron chi connectivity index (χ3n) is 3.09. The minimum atomic E-state index is -2.53. The van der Waals surface area contributed by atoms with Gasteiger partial charge in [-0.05, 0) is 33.9 Å². The van der Waals surface area contributed by atoms with Crippen molar-refractivity contribution in [2.75, 3.05) is 52.7 Å². The molecule has 122 valence electrons. The van der Waals surface area contributed by atoms with Crippen LogP contribution in [0.3, 0.4) is 0 Å². The Balaban J connectivity index is 4.05. The van der Waals surface area contributed by atoms with E-state index in [0.717, 1.165) is 32.3 Å². The standard InChI is InChI=1S/C14H33NO4Si/c1-6-15(7-2)11-12-16-13-14-20(17-8-3,18-9-4)19-10-5/h6-14H2,1-5H3. The Morgan fingerprint density at radius 2 is 1.25 bits per heavy atom. The Bertz CT molecular complexity index is 198. The molecule has 0 aromatic rings. The van der Waals surface area contributed by atoms with Crippen LogP contribution >= 0.6 is 0 Å². The van der Waals surface area contributed by atoms with Crippen LogP contribution in [0.15, 0.2) is 0 Å². The van der Waals surface area contributed by atoms with Crippen molar-refractivity contribution in [3.63, 3.8) is 0 Å². The predicted octanol–water partition coefficient (Wildman–Crippen LogP) is 2.39. The van der Waals surface area contributed by atoms with Crippen LogP contribution in [0.5, 0.6) is 0 Å². The molecule has 0 aromatic heterocycles. The molecular weight excluding hydrogens is 274 g/mol. The Morgan fingerprint density at radius 1 is 0.750 bits per heavy atom. The molecule has 0 fully saturated rings. The fraction of sp³-hybridized carbons (Fsp3) is 1.00. The summed E-state index contributed by atoms with van der Waals surface area (Å²) < 4.78 is 23.1. The lowest BCUT2D eigenvalue weighted by Crippen LogP contribution is -2.47. The van der Waals surface area contributed by atoms with Gasteiger partial charge in [0.25, 0.3) is 0 Å². The van der Waals surface area contributed by atoms with Gasteiger partial charge in [0.05, 0.1) is 13.2 Å². The molecule has 0 aliphatic carbocycles. The molecule has 0 aliphatic rings. The second-order valence-electron chi connectivity index (χ2n) is 4.37. The molecule has 0 N–H and O–H groups in total. The highest BCUT2D eigenvalue weighted by Gasteiger charge is 2.39. The highest BCUT2D eigenvalue weighted by Crippen LogP contribution is 2.16. The minimum absolute atomic E-state index is 0.617. The summed E-state index contributed by atoms with van der Waals surface area (Å²) in [7, 11) is -2.53. The van der Waals surface area contributed by atoms with E-state index in [-0.39, 0.29) is 0 Å². The van der Waals surface area contributed by atoms with Crippen LogP contribution in [0.4, 0.5) is 0 Å². The van der Waals surface area contributed by atoms with Crippen molar-refractivity contribution in [1.82, 2.24) is 4.90 Å². The molecule has 0 rings (SSSR count). The van der Waals surface area contributed by atoms with Crippen LogP contribution in [0.1, 0.15) is 34.6 Å². The van der Waals surface area contributed by atoms with E-state index < -0.39 is 8.80 Å². The molecule has 0 heterocycles. The summed E-state index contributed by atoms with van der Waals surface area (Å²) in [5.74, 6) is 0. The average molecular weight is 308 g/mol. The van der Waals surface area contributed by atoms with Crippen molar-refractivity contribution in [3.8, 4) is 0 Å². The minimum Gasteiger partial charge on any atom is -0.380 e. The third-order valence-corrected chi connectivity index (χ3v) is 6.09. The zero-order chi connectivity index (χ0) is 15.3. The van der Waals surface area contributed by atoms with Gasteiger partial charge in [-0.1, -0.05) is 13.8 Å². The summed E-state index contributed by atoms with van der Waals surface area (Å²) in [6.45, 7) is 16.6. The lowest BCUT2D eigenvalue weighted by atomic mass is 10.5. The lowest BCUT2D eigenvalue weighted by molar-refractivity contribution is 0.0547. The fourth-order valence-corrected chi connectivity index (χ4v) is 4.43. The second kappa shape index (κ2) is 12.7. The quantitative estimate of drug-likeness (QED) is 0.364. The maximum absolute atomic E-state index is 5.78. The van der Waals surface area contributed by atoms with Gasteiger partial charge in [-0.2, -0.15) is 0 Å². The molecule has 20 heavy (non-hydrogen) atoms. The zero-order valence-electron chi connectivity index (χ0n) is 13.9. The Morgan fingerprint density at radius 3 is 1.65 bits per heavy atom. The number of ether oxygens (including phenoxy) is 1. The van der Waals surface area contributed by atoms with Crippen molar-refractivity contribution in [3.05, 3.63) is 0 Å². The first-order valence-corrected chi connectivity index (χ1v) is 9.83. The molecule has 0 bridgehead atoms. The number of nitrogens with zero attached hydrogens (tertiary/aromatic N) is 1. The fourth-order valence-electron chi connectivity index (χ4n) is 2.03. The zero-order valence-corrected chi connectivity index (χ0v) is 14.9. The molecule has 0 aromatic carbocycles. The van der Waals surface area contributed by atoms with Gasteiger partial charge in [0.15, 0.2) is 0 Å². The van der Waals surface area contributed by atoms with E-state index in [1.807, 2.05) is 20.8 Å². The van der Waals surface area contributed by atoms with Gasteiger partial charge in [0, 0.05) is 32.4 Å². The van der Waals surface area contributed by atoms with Gasteiger partial charge < -0.3 is 22.9 Å². The van der Waals surface area contributed by atoms with Crippen molar-refractivity contribution < 1.29 is 18.0 Å². The Labute approximate surface area is 125 Å². The molecule has 6 heteroatoms. The monoisotopic (exact) mass is 307 g/mol. The van der Waals surface area contributed by atoms with E-state index in [2.05, 4.69) is 18.7 Å². The van der Waals surface area contributed by atoms with Crippen LogP contribution < -0.4 is 0 Å². The summed E-state index contributed by atoms with van der Waals surface area (Å²) in [6, 6.07) is 0.723. The van der Waals surface area contributed by atoms with E-state index in [4.69, 9.17) is 18.0 Å². The Kier molecular flexibility index (Phi) is 12.7. The summed E-state index contributed by atoms with van der Waals surface area (Å²) in [6.07, 6.45) is 0. The molecule has 5 nitrogen and oxygen atoms in total. The Hall–Kier alpha value is 0.0169. The van der Waals surface area contributed by atoms with E-state index in [1.165, 1.54) is 0 Å². The predicted molar refractivity (Wildman–Crippen MR) is 84.0 cm³/mol. The summed E-state index contributed by atoms with van der Waals surface area (Å²) in [4.78, 5) is 2.35. The topological polar surface area (TPSA) is 40.2 Å². The number of hydrogen-bond acceptors (Lipinski definition) is 5. The van der Waals surface area contributed by atoms with Crippen LogP contribution in [0, 0.1) is 0 Å². The summed E-state index contributed by atoms with van der Waals surface area (Å²) in [5.41, 5.74) is 0. The van der Waals surface area contributed by atoms with E-state index in [1.54, 1.807) is 0 Å². The van der Waals surface area contributed by atoms with Crippen LogP contribution in [-0.2, 0) is 18.0 Å². The highest BCUT2D eigenvalue weighted by atomic mass is 28.4. The number of rotatable bonds is 14. The van der Waals surface area contributed by atoms with E-state index >= 15 is 0 Å². The van der Waals surface area contributed by atoms with E-state index in [0.29, 0.717) is 26.4 Å². The van der Waals surface area contributed by atoms with Gasteiger partial charge in [0.2, 0.25) is 0 Å². The van der Waals surface area contributed by atoms with Gasteiger partial charge in [-0.15, -0.1) is 0 Å². The number of likely N-dealkylation sites (N-methyl/N-ethyl adjacent to an activating group) is 1. The van der Waals surface area contributed by atoms with Crippen molar-refractivity contribution >= 4 is 8.80 Å². The molecule has 0 saturated carbocycles. The molecule has 0 unspecified atom stereocenters. The van der Waals surface area contributed by atoms with Crippen molar-refractivity contribution in [2.45, 2.75) is 40.7 Å². The number of hydrogen-bond donors (Lipinski definition) is 0. The summed E-state index contributed by atoms with van der Waals surface area (Å²) in [5, 5.41) is 0. The molecule has 0 atom stereocenters. The average Bonchev–Trinajstić information content (AvgIpc) is 2.44. The third kappa shape index (κ3) is 8.34. The largest absolute Gasteiger partial charge is 0.503 e. The maximum atomic E-state index is 5.78. The van der Waals surface area contributed by atoms with Crippen LogP contribution in [0.2, 0.25) is 6.04 Å². The summed E-state index contributed by atoms with van der Waals surface area (Å²) >= 11 is 0. The maximum Gasteiger partial charge on any atom is 0.503 e. The first-order chi connectivity index (χ1) is 9.67. The van der Waals surface area contributed by atoms with E-state index in [9.17, 15) is 0 Å². The van der Waals surface area contributed by atoms with Gasteiger partial charge >= 0.3 is 8.80 Å². The van der Waals surface area contributed by atoms with Gasteiger partial charge in [-0.25, -0.2) is 0 Å². The second-order valence-corrected chi connectivity index (χ2v) is 7.10. The van der Waals surface area contributed by atoms with Crippen molar-refractivity contribution in [2.24, 2.45) is 0 Å². The van der Waals surface area contributed by atoms with Gasteiger partial charge in [0.1, 0.15) is 0 Å². The normalized spacial score (nSPS) is 12.3. The first kappa shape index (κ1) is 20.0. The molecule has 0 saturated heterocycles. The molecular formula is C14H33NO4Si. The van der Waals surface area contributed by atoms with Crippen molar-refractivity contribution in [1.29, 1.82) is 0 Å². The first-order valence-electron chi connectivity index (χ1n) is 7.89. The van der Waals surface area contributed by atoms with Crippen LogP contribution in [0.25, 0.3) is 0 Å². The molecule has 0 spiro atoms. The molecule has 0 aliphatic heterocycles. The SMILES string of the molecule is CCO[Si](CCOCCN(CC)CC)(OCC)OCC. The highest BCUT2D eigenvalue weighted by molar-refractivity contribution is 6.60. The van der Waals surface area contributed by atoms with Crippen LogP contribution in [-0.4, -0.2) is 66.4 Å². The lowest BCUT2D eigenvalue weighted by Gasteiger charge is -2.28. The molecule has 0 radical (unpaired) electrons. The van der Waals surface area contributed by atoms with Gasteiger partial charge in [-0.3, -0.25) is 0 Å². The smallest absolute Gasteiger partial charge is 0.380 e. The molecule has 0 amide bonds.